The van der Waals surface area contributed by atoms with Gasteiger partial charge in [0.15, 0.2) is 0 Å². The number of halogens is 2. The van der Waals surface area contributed by atoms with Gasteiger partial charge in [-0.3, -0.25) is 0 Å². The molecule has 0 saturated carbocycles. The van der Waals surface area contributed by atoms with E-state index in [1.165, 1.54) is 6.07 Å². The second-order valence-corrected chi connectivity index (χ2v) is 6.23. The van der Waals surface area contributed by atoms with E-state index in [9.17, 15) is 4.39 Å². The lowest BCUT2D eigenvalue weighted by atomic mass is 9.76. The number of benzene rings is 1. The lowest BCUT2D eigenvalue weighted by Gasteiger charge is -2.33. The van der Waals surface area contributed by atoms with Gasteiger partial charge in [0.05, 0.1) is 6.10 Å². The first-order valence-corrected chi connectivity index (χ1v) is 7.63. The SMILES string of the molecule is CCNCC1(Cc2ccc(Br)cc2F)CCOC1C. The number of hydrogen-bond acceptors (Lipinski definition) is 2. The molecule has 2 unspecified atom stereocenters. The summed E-state index contributed by atoms with van der Waals surface area (Å²) in [5.74, 6) is -0.135. The molecule has 1 fully saturated rings. The molecular weight excluding hydrogens is 309 g/mol. The minimum absolute atomic E-state index is 0.00464. The van der Waals surface area contributed by atoms with Gasteiger partial charge in [0.25, 0.3) is 0 Å². The van der Waals surface area contributed by atoms with Crippen molar-refractivity contribution in [1.29, 1.82) is 0 Å². The summed E-state index contributed by atoms with van der Waals surface area (Å²) in [6.07, 6.45) is 1.87. The van der Waals surface area contributed by atoms with Gasteiger partial charge in [0.1, 0.15) is 5.82 Å². The van der Waals surface area contributed by atoms with Gasteiger partial charge < -0.3 is 10.1 Å². The first-order chi connectivity index (χ1) is 9.07. The Balaban J connectivity index is 2.20. The monoisotopic (exact) mass is 329 g/mol. The largest absolute Gasteiger partial charge is 0.378 e. The van der Waals surface area contributed by atoms with Gasteiger partial charge in [-0.25, -0.2) is 4.39 Å². The van der Waals surface area contributed by atoms with Crippen LogP contribution in [0.3, 0.4) is 0 Å². The van der Waals surface area contributed by atoms with E-state index in [-0.39, 0.29) is 17.3 Å². The summed E-state index contributed by atoms with van der Waals surface area (Å²) in [7, 11) is 0. The van der Waals surface area contributed by atoms with Gasteiger partial charge in [-0.15, -0.1) is 0 Å². The smallest absolute Gasteiger partial charge is 0.127 e. The van der Waals surface area contributed by atoms with E-state index in [0.717, 1.165) is 42.6 Å². The summed E-state index contributed by atoms with van der Waals surface area (Å²) < 4.78 is 20.5. The van der Waals surface area contributed by atoms with Gasteiger partial charge in [0.2, 0.25) is 0 Å². The predicted octanol–water partition coefficient (Wildman–Crippen LogP) is 3.54. The van der Waals surface area contributed by atoms with Crippen LogP contribution in [0.4, 0.5) is 4.39 Å². The van der Waals surface area contributed by atoms with Gasteiger partial charge in [-0.1, -0.05) is 28.9 Å². The van der Waals surface area contributed by atoms with Crippen LogP contribution in [-0.4, -0.2) is 25.8 Å². The van der Waals surface area contributed by atoms with E-state index in [0.29, 0.717) is 0 Å². The van der Waals surface area contributed by atoms with Crippen molar-refractivity contribution in [1.82, 2.24) is 5.32 Å². The molecule has 0 amide bonds. The van der Waals surface area contributed by atoms with Crippen molar-refractivity contribution in [3.63, 3.8) is 0 Å². The standard InChI is InChI=1S/C15H21BrFNO/c1-3-18-10-15(6-7-19-11(15)2)9-12-4-5-13(16)8-14(12)17/h4-5,8,11,18H,3,6-7,9-10H2,1-2H3. The predicted molar refractivity (Wildman–Crippen MR) is 78.8 cm³/mol. The Morgan fingerprint density at radius 2 is 2.32 bits per heavy atom. The van der Waals surface area contributed by atoms with Gasteiger partial charge >= 0.3 is 0 Å². The van der Waals surface area contributed by atoms with Crippen LogP contribution in [0.15, 0.2) is 22.7 Å². The molecule has 1 N–H and O–H groups in total. The van der Waals surface area contributed by atoms with E-state index in [1.807, 2.05) is 12.1 Å². The molecule has 4 heteroatoms. The molecule has 2 rings (SSSR count). The second kappa shape index (κ2) is 6.33. The Labute approximate surface area is 122 Å². The number of ether oxygens (including phenoxy) is 1. The molecule has 1 aromatic rings. The number of rotatable bonds is 5. The highest BCUT2D eigenvalue weighted by Crippen LogP contribution is 2.38. The average Bonchev–Trinajstić information content (AvgIpc) is 2.72. The molecule has 0 bridgehead atoms. The maximum atomic E-state index is 14.0. The molecule has 1 aliphatic heterocycles. The highest BCUT2D eigenvalue weighted by atomic mass is 79.9. The molecule has 106 valence electrons. The molecule has 0 spiro atoms. The van der Waals surface area contributed by atoms with Crippen molar-refractivity contribution >= 4 is 15.9 Å². The summed E-state index contributed by atoms with van der Waals surface area (Å²) in [5, 5.41) is 3.40. The topological polar surface area (TPSA) is 21.3 Å². The summed E-state index contributed by atoms with van der Waals surface area (Å²) in [6, 6.07) is 5.31. The maximum Gasteiger partial charge on any atom is 0.127 e. The van der Waals surface area contributed by atoms with Crippen LogP contribution >= 0.6 is 15.9 Å². The van der Waals surface area contributed by atoms with Crippen molar-refractivity contribution in [2.24, 2.45) is 5.41 Å². The zero-order valence-corrected chi connectivity index (χ0v) is 13.1. The molecule has 0 aromatic heterocycles. The molecular formula is C15H21BrFNO. The van der Waals surface area contributed by atoms with Crippen LogP contribution in [0.2, 0.25) is 0 Å². The summed E-state index contributed by atoms with van der Waals surface area (Å²) in [4.78, 5) is 0. The highest BCUT2D eigenvalue weighted by molar-refractivity contribution is 9.10. The zero-order valence-electron chi connectivity index (χ0n) is 11.5. The second-order valence-electron chi connectivity index (χ2n) is 5.32. The Bertz CT molecular complexity index is 440. The summed E-state index contributed by atoms with van der Waals surface area (Å²) >= 11 is 3.30. The third kappa shape index (κ3) is 3.36. The van der Waals surface area contributed by atoms with Crippen molar-refractivity contribution in [2.45, 2.75) is 32.8 Å². The van der Waals surface area contributed by atoms with Gasteiger partial charge in [-0.05, 0) is 44.0 Å². The Hall–Kier alpha value is -0.450. The van der Waals surface area contributed by atoms with Crippen LogP contribution < -0.4 is 5.32 Å². The van der Waals surface area contributed by atoms with Crippen LogP contribution in [-0.2, 0) is 11.2 Å². The Kier molecular flexibility index (Phi) is 4.98. The minimum Gasteiger partial charge on any atom is -0.378 e. The lowest BCUT2D eigenvalue weighted by Crippen LogP contribution is -2.41. The number of hydrogen-bond donors (Lipinski definition) is 1. The third-order valence-electron chi connectivity index (χ3n) is 4.11. The molecule has 1 aromatic carbocycles. The minimum atomic E-state index is -0.135. The number of nitrogens with one attached hydrogen (secondary N) is 1. The van der Waals surface area contributed by atoms with E-state index >= 15 is 0 Å². The van der Waals surface area contributed by atoms with Crippen molar-refractivity contribution in [3.05, 3.63) is 34.1 Å². The van der Waals surface area contributed by atoms with Crippen LogP contribution in [0.1, 0.15) is 25.8 Å². The third-order valence-corrected chi connectivity index (χ3v) is 4.61. The van der Waals surface area contributed by atoms with Crippen LogP contribution in [0.25, 0.3) is 0 Å². The fourth-order valence-corrected chi connectivity index (χ4v) is 3.10. The quantitative estimate of drug-likeness (QED) is 0.892. The fourth-order valence-electron chi connectivity index (χ4n) is 2.76. The van der Waals surface area contributed by atoms with Crippen LogP contribution in [0.5, 0.6) is 0 Å². The van der Waals surface area contributed by atoms with E-state index in [4.69, 9.17) is 4.74 Å². The molecule has 0 radical (unpaired) electrons. The molecule has 1 heterocycles. The summed E-state index contributed by atoms with van der Waals surface area (Å²) in [6.45, 7) is 6.76. The Morgan fingerprint density at radius 3 is 2.89 bits per heavy atom. The van der Waals surface area contributed by atoms with E-state index in [2.05, 4.69) is 35.1 Å². The van der Waals surface area contributed by atoms with E-state index in [1.54, 1.807) is 0 Å². The molecule has 1 aliphatic rings. The molecule has 2 nitrogen and oxygen atoms in total. The fraction of sp³-hybridized carbons (Fsp3) is 0.600. The van der Waals surface area contributed by atoms with Crippen molar-refractivity contribution < 1.29 is 9.13 Å². The van der Waals surface area contributed by atoms with Crippen molar-refractivity contribution in [3.8, 4) is 0 Å². The molecule has 0 aliphatic carbocycles. The lowest BCUT2D eigenvalue weighted by molar-refractivity contribution is 0.0629. The van der Waals surface area contributed by atoms with Gasteiger partial charge in [-0.2, -0.15) is 0 Å². The first kappa shape index (κ1) is 14.9. The van der Waals surface area contributed by atoms with Crippen molar-refractivity contribution in [2.75, 3.05) is 19.7 Å². The normalized spacial score (nSPS) is 26.8. The molecule has 1 saturated heterocycles. The molecule has 2 atom stereocenters. The zero-order chi connectivity index (χ0) is 13.9. The van der Waals surface area contributed by atoms with E-state index < -0.39 is 0 Å². The molecule has 19 heavy (non-hydrogen) atoms. The average molecular weight is 330 g/mol. The maximum absolute atomic E-state index is 14.0. The first-order valence-electron chi connectivity index (χ1n) is 6.83. The Morgan fingerprint density at radius 1 is 1.53 bits per heavy atom. The van der Waals surface area contributed by atoms with Gasteiger partial charge in [0, 0.05) is 23.0 Å². The van der Waals surface area contributed by atoms with Crippen LogP contribution in [0, 0.1) is 11.2 Å². The summed E-state index contributed by atoms with van der Waals surface area (Å²) in [5.41, 5.74) is 0.781. The highest BCUT2D eigenvalue weighted by Gasteiger charge is 2.41.